The molecule has 3 nitrogen and oxygen atoms in total. The maximum atomic E-state index is 10.5. The molecule has 1 rings (SSSR count). The molecule has 1 saturated carbocycles. The van der Waals surface area contributed by atoms with Gasteiger partial charge in [0.25, 0.3) is 0 Å². The van der Waals surface area contributed by atoms with Gasteiger partial charge in [0.05, 0.1) is 0 Å². The number of amides is 1. The zero-order valence-corrected chi connectivity index (χ0v) is 8.04. The van der Waals surface area contributed by atoms with Gasteiger partial charge in [-0.1, -0.05) is 32.1 Å². The van der Waals surface area contributed by atoms with Gasteiger partial charge in [-0.15, -0.1) is 0 Å². The van der Waals surface area contributed by atoms with Crippen LogP contribution in [-0.4, -0.2) is 17.1 Å². The topological polar surface area (TPSA) is 63.3 Å². The summed E-state index contributed by atoms with van der Waals surface area (Å²) in [5, 5.41) is 9.18. The average molecular weight is 185 g/mol. The SMILES string of the molecule is NC(=O)C(O)CCC1CCCCC1. The predicted molar refractivity (Wildman–Crippen MR) is 51.0 cm³/mol. The number of primary amides is 1. The van der Waals surface area contributed by atoms with Crippen molar-refractivity contribution >= 4 is 5.91 Å². The minimum Gasteiger partial charge on any atom is -0.383 e. The minimum atomic E-state index is -0.929. The molecule has 3 heteroatoms. The van der Waals surface area contributed by atoms with Crippen molar-refractivity contribution in [1.82, 2.24) is 0 Å². The van der Waals surface area contributed by atoms with Gasteiger partial charge >= 0.3 is 0 Å². The normalized spacial score (nSPS) is 21.3. The fourth-order valence-corrected chi connectivity index (χ4v) is 2.01. The van der Waals surface area contributed by atoms with E-state index >= 15 is 0 Å². The Labute approximate surface area is 79.3 Å². The van der Waals surface area contributed by atoms with Crippen molar-refractivity contribution in [2.24, 2.45) is 11.7 Å². The lowest BCUT2D eigenvalue weighted by Crippen LogP contribution is -2.28. The van der Waals surface area contributed by atoms with Crippen LogP contribution in [0, 0.1) is 5.92 Å². The van der Waals surface area contributed by atoms with E-state index in [9.17, 15) is 9.90 Å². The Morgan fingerprint density at radius 2 is 2.00 bits per heavy atom. The Morgan fingerprint density at radius 1 is 1.38 bits per heavy atom. The third-order valence-corrected chi connectivity index (χ3v) is 2.90. The molecule has 0 bridgehead atoms. The maximum Gasteiger partial charge on any atom is 0.246 e. The number of carbonyl (C=O) groups excluding carboxylic acids is 1. The van der Waals surface area contributed by atoms with Crippen molar-refractivity contribution in [2.75, 3.05) is 0 Å². The fraction of sp³-hybridized carbons (Fsp3) is 0.900. The van der Waals surface area contributed by atoms with Gasteiger partial charge in [-0.2, -0.15) is 0 Å². The number of nitrogens with two attached hydrogens (primary N) is 1. The smallest absolute Gasteiger partial charge is 0.246 e. The van der Waals surface area contributed by atoms with E-state index in [-0.39, 0.29) is 0 Å². The van der Waals surface area contributed by atoms with Crippen LogP contribution in [0.3, 0.4) is 0 Å². The summed E-state index contributed by atoms with van der Waals surface area (Å²) in [4.78, 5) is 10.5. The molecule has 1 aliphatic rings. The number of hydrogen-bond acceptors (Lipinski definition) is 2. The summed E-state index contributed by atoms with van der Waals surface area (Å²) in [6.07, 6.45) is 7.02. The third-order valence-electron chi connectivity index (χ3n) is 2.90. The summed E-state index contributed by atoms with van der Waals surface area (Å²) in [5.41, 5.74) is 4.96. The first-order valence-electron chi connectivity index (χ1n) is 5.17. The van der Waals surface area contributed by atoms with E-state index in [2.05, 4.69) is 0 Å². The van der Waals surface area contributed by atoms with Crippen LogP contribution in [0.2, 0.25) is 0 Å². The van der Waals surface area contributed by atoms with Gasteiger partial charge in [0.1, 0.15) is 6.10 Å². The molecule has 76 valence electrons. The van der Waals surface area contributed by atoms with Crippen molar-refractivity contribution < 1.29 is 9.90 Å². The first kappa shape index (κ1) is 10.5. The van der Waals surface area contributed by atoms with E-state index in [0.717, 1.165) is 6.42 Å². The zero-order chi connectivity index (χ0) is 9.68. The highest BCUT2D eigenvalue weighted by molar-refractivity contribution is 5.78. The molecule has 0 heterocycles. The predicted octanol–water partition coefficient (Wildman–Crippen LogP) is 1.19. The van der Waals surface area contributed by atoms with E-state index in [4.69, 9.17) is 5.73 Å². The molecule has 0 aromatic carbocycles. The molecule has 3 N–H and O–H groups in total. The Kier molecular flexibility index (Phi) is 4.22. The average Bonchev–Trinajstić information content (AvgIpc) is 2.15. The first-order chi connectivity index (χ1) is 6.20. The van der Waals surface area contributed by atoms with Crippen molar-refractivity contribution in [3.63, 3.8) is 0 Å². The Hall–Kier alpha value is -0.570. The molecule has 0 aromatic heterocycles. The first-order valence-corrected chi connectivity index (χ1v) is 5.17. The Morgan fingerprint density at radius 3 is 2.54 bits per heavy atom. The lowest BCUT2D eigenvalue weighted by atomic mass is 9.85. The van der Waals surface area contributed by atoms with Gasteiger partial charge in [0, 0.05) is 0 Å². The highest BCUT2D eigenvalue weighted by Gasteiger charge is 2.17. The van der Waals surface area contributed by atoms with Crippen LogP contribution in [0.4, 0.5) is 0 Å². The van der Waals surface area contributed by atoms with Crippen LogP contribution in [0.1, 0.15) is 44.9 Å². The lowest BCUT2D eigenvalue weighted by Gasteiger charge is -2.21. The van der Waals surface area contributed by atoms with E-state index in [1.807, 2.05) is 0 Å². The molecule has 0 radical (unpaired) electrons. The van der Waals surface area contributed by atoms with Crippen molar-refractivity contribution in [2.45, 2.75) is 51.0 Å². The molecule has 1 fully saturated rings. The molecule has 0 aliphatic heterocycles. The summed E-state index contributed by atoms with van der Waals surface area (Å²) < 4.78 is 0. The quantitative estimate of drug-likeness (QED) is 0.691. The molecule has 1 amide bonds. The minimum absolute atomic E-state index is 0.542. The number of hydrogen-bond donors (Lipinski definition) is 2. The van der Waals surface area contributed by atoms with Gasteiger partial charge in [-0.05, 0) is 18.8 Å². The van der Waals surface area contributed by atoms with E-state index in [0.29, 0.717) is 12.3 Å². The maximum absolute atomic E-state index is 10.5. The molecular formula is C10H19NO2. The van der Waals surface area contributed by atoms with Crippen LogP contribution in [0.15, 0.2) is 0 Å². The van der Waals surface area contributed by atoms with Crippen molar-refractivity contribution in [3.8, 4) is 0 Å². The van der Waals surface area contributed by atoms with Crippen LogP contribution < -0.4 is 5.73 Å². The molecule has 0 saturated heterocycles. The number of rotatable bonds is 4. The molecule has 0 aromatic rings. The van der Waals surface area contributed by atoms with E-state index < -0.39 is 12.0 Å². The highest BCUT2D eigenvalue weighted by atomic mass is 16.3. The Bertz CT molecular complexity index is 164. The monoisotopic (exact) mass is 185 g/mol. The summed E-state index contributed by atoms with van der Waals surface area (Å²) >= 11 is 0. The van der Waals surface area contributed by atoms with Gasteiger partial charge in [-0.25, -0.2) is 0 Å². The van der Waals surface area contributed by atoms with Gasteiger partial charge in [-0.3, -0.25) is 4.79 Å². The van der Waals surface area contributed by atoms with Gasteiger partial charge in [0.2, 0.25) is 5.91 Å². The second-order valence-corrected chi connectivity index (χ2v) is 4.00. The molecule has 1 aliphatic carbocycles. The largest absolute Gasteiger partial charge is 0.383 e. The van der Waals surface area contributed by atoms with E-state index in [1.54, 1.807) is 0 Å². The molecule has 1 unspecified atom stereocenters. The second kappa shape index (κ2) is 5.22. The fourth-order valence-electron chi connectivity index (χ4n) is 2.01. The number of carbonyl (C=O) groups is 1. The summed E-state index contributed by atoms with van der Waals surface area (Å²) in [7, 11) is 0. The van der Waals surface area contributed by atoms with Crippen LogP contribution in [0.5, 0.6) is 0 Å². The number of aliphatic hydroxyl groups excluding tert-OH is 1. The van der Waals surface area contributed by atoms with Crippen molar-refractivity contribution in [1.29, 1.82) is 0 Å². The highest BCUT2D eigenvalue weighted by Crippen LogP contribution is 2.27. The molecule has 1 atom stereocenters. The van der Waals surface area contributed by atoms with Crippen LogP contribution in [-0.2, 0) is 4.79 Å². The third kappa shape index (κ3) is 3.77. The molecule has 13 heavy (non-hydrogen) atoms. The summed E-state index contributed by atoms with van der Waals surface area (Å²) in [5.74, 6) is 0.124. The number of aliphatic hydroxyl groups is 1. The van der Waals surface area contributed by atoms with Crippen LogP contribution >= 0.6 is 0 Å². The second-order valence-electron chi connectivity index (χ2n) is 4.00. The van der Waals surface area contributed by atoms with E-state index in [1.165, 1.54) is 32.1 Å². The Balaban J connectivity index is 2.13. The standard InChI is InChI=1S/C10H19NO2/c11-10(13)9(12)7-6-8-4-2-1-3-5-8/h8-9,12H,1-7H2,(H2,11,13). The van der Waals surface area contributed by atoms with Gasteiger partial charge < -0.3 is 10.8 Å². The summed E-state index contributed by atoms with van der Waals surface area (Å²) in [6.45, 7) is 0. The molecular weight excluding hydrogens is 166 g/mol. The summed E-state index contributed by atoms with van der Waals surface area (Å²) in [6, 6.07) is 0. The van der Waals surface area contributed by atoms with Crippen molar-refractivity contribution in [3.05, 3.63) is 0 Å². The molecule has 0 spiro atoms. The van der Waals surface area contributed by atoms with Crippen LogP contribution in [0.25, 0.3) is 0 Å². The lowest BCUT2D eigenvalue weighted by molar-refractivity contribution is -0.126. The van der Waals surface area contributed by atoms with Gasteiger partial charge in [0.15, 0.2) is 0 Å². The zero-order valence-electron chi connectivity index (χ0n) is 8.04.